The number of benzene rings is 1. The summed E-state index contributed by atoms with van der Waals surface area (Å²) < 4.78 is 5.02. The minimum Gasteiger partial charge on any atom is -0.468 e. The van der Waals surface area contributed by atoms with Crippen molar-refractivity contribution in [2.24, 2.45) is 11.8 Å². The van der Waals surface area contributed by atoms with Crippen LogP contribution in [0.15, 0.2) is 24.3 Å². The van der Waals surface area contributed by atoms with Gasteiger partial charge < -0.3 is 4.74 Å². The summed E-state index contributed by atoms with van der Waals surface area (Å²) in [7, 11) is 1.47. The summed E-state index contributed by atoms with van der Waals surface area (Å²) in [6, 6.07) is 8.70. The van der Waals surface area contributed by atoms with Crippen molar-refractivity contribution in [3.8, 4) is 0 Å². The topological polar surface area (TPSA) is 38.3 Å². The molecule has 1 aliphatic rings. The van der Waals surface area contributed by atoms with Gasteiger partial charge in [0.25, 0.3) is 0 Å². The summed E-state index contributed by atoms with van der Waals surface area (Å²) in [5.74, 6) is 0.643. The van der Waals surface area contributed by atoms with Crippen LogP contribution >= 0.6 is 0 Å². The molecule has 0 aliphatic heterocycles. The van der Waals surface area contributed by atoms with Crippen molar-refractivity contribution in [3.63, 3.8) is 0 Å². The summed E-state index contributed by atoms with van der Waals surface area (Å²) in [6.45, 7) is 6.25. The average Bonchev–Trinajstić information content (AvgIpc) is 2.57. The van der Waals surface area contributed by atoms with Gasteiger partial charge in [-0.15, -0.1) is 0 Å². The number of carbonyl (C=O) groups excluding carboxylic acids is 1. The Morgan fingerprint density at radius 3 is 2.26 bits per heavy atom. The summed E-state index contributed by atoms with van der Waals surface area (Å²) in [6.07, 6.45) is 6.38. The second kappa shape index (κ2) is 8.49. The van der Waals surface area contributed by atoms with Gasteiger partial charge in [0, 0.05) is 6.04 Å². The molecule has 0 saturated heterocycles. The Kier molecular flexibility index (Phi) is 6.64. The van der Waals surface area contributed by atoms with E-state index in [1.54, 1.807) is 0 Å². The minimum absolute atomic E-state index is 0.159. The van der Waals surface area contributed by atoms with Gasteiger partial charge in [-0.05, 0) is 37.2 Å². The Morgan fingerprint density at radius 1 is 1.13 bits per heavy atom. The molecule has 0 unspecified atom stereocenters. The maximum atomic E-state index is 12.2. The third-order valence-corrected chi connectivity index (χ3v) is 5.04. The van der Waals surface area contributed by atoms with Crippen molar-refractivity contribution in [3.05, 3.63) is 35.4 Å². The van der Waals surface area contributed by atoms with Gasteiger partial charge in [0.2, 0.25) is 0 Å². The molecule has 0 radical (unpaired) electrons. The summed E-state index contributed by atoms with van der Waals surface area (Å²) in [4.78, 5) is 12.2. The fourth-order valence-electron chi connectivity index (χ4n) is 3.60. The normalized spacial score (nSPS) is 18.7. The highest BCUT2D eigenvalue weighted by molar-refractivity contribution is 5.76. The van der Waals surface area contributed by atoms with E-state index in [0.29, 0.717) is 5.92 Å². The van der Waals surface area contributed by atoms with Crippen LogP contribution in [0, 0.1) is 18.8 Å². The predicted molar refractivity (Wildman–Crippen MR) is 94.3 cm³/mol. The van der Waals surface area contributed by atoms with Crippen molar-refractivity contribution in [1.29, 1.82) is 0 Å². The van der Waals surface area contributed by atoms with E-state index >= 15 is 0 Å². The second-order valence-corrected chi connectivity index (χ2v) is 7.20. The molecule has 0 amide bonds. The lowest BCUT2D eigenvalue weighted by Gasteiger charge is -2.35. The standard InChI is InChI=1S/C20H31NO2/c1-14(2)18(20(22)23-4)21-19(16-8-6-5-7-9-16)17-12-10-15(3)11-13-17/h10-14,16,18-19,21H,5-9H2,1-4H3/t18-,19+/m0/s1. The highest BCUT2D eigenvalue weighted by Crippen LogP contribution is 2.35. The van der Waals surface area contributed by atoms with Crippen LogP contribution in [0.3, 0.4) is 0 Å². The molecule has 1 aromatic rings. The van der Waals surface area contributed by atoms with Crippen LogP contribution in [0.1, 0.15) is 63.1 Å². The van der Waals surface area contributed by atoms with E-state index in [2.05, 4.69) is 50.4 Å². The third kappa shape index (κ3) is 4.81. The van der Waals surface area contributed by atoms with Gasteiger partial charge in [-0.3, -0.25) is 10.1 Å². The molecule has 0 spiro atoms. The number of carbonyl (C=O) groups is 1. The van der Waals surface area contributed by atoms with Gasteiger partial charge in [0.15, 0.2) is 0 Å². The Hall–Kier alpha value is -1.35. The first kappa shape index (κ1) is 18.0. The predicted octanol–water partition coefficient (Wildman–Crippen LogP) is 4.40. The molecule has 0 bridgehead atoms. The van der Waals surface area contributed by atoms with Crippen LogP contribution in [0.5, 0.6) is 0 Å². The maximum absolute atomic E-state index is 12.2. The van der Waals surface area contributed by atoms with Crippen LogP contribution in [0.25, 0.3) is 0 Å². The van der Waals surface area contributed by atoms with Gasteiger partial charge in [-0.1, -0.05) is 62.9 Å². The smallest absolute Gasteiger partial charge is 0.323 e. The van der Waals surface area contributed by atoms with Crippen LogP contribution in [0.2, 0.25) is 0 Å². The van der Waals surface area contributed by atoms with E-state index in [0.717, 1.165) is 0 Å². The molecule has 2 atom stereocenters. The van der Waals surface area contributed by atoms with Crippen LogP contribution in [-0.4, -0.2) is 19.1 Å². The first-order valence-corrected chi connectivity index (χ1v) is 8.93. The van der Waals surface area contributed by atoms with E-state index < -0.39 is 0 Å². The van der Waals surface area contributed by atoms with Crippen molar-refractivity contribution < 1.29 is 9.53 Å². The highest BCUT2D eigenvalue weighted by atomic mass is 16.5. The summed E-state index contributed by atoms with van der Waals surface area (Å²) >= 11 is 0. The van der Waals surface area contributed by atoms with Gasteiger partial charge in [0.05, 0.1) is 7.11 Å². The molecule has 1 aromatic carbocycles. The molecule has 0 heterocycles. The number of ether oxygens (including phenoxy) is 1. The number of aryl methyl sites for hydroxylation is 1. The zero-order chi connectivity index (χ0) is 16.8. The molecule has 3 nitrogen and oxygen atoms in total. The van der Waals surface area contributed by atoms with Crippen molar-refractivity contribution in [2.45, 2.75) is 65.0 Å². The fourth-order valence-corrected chi connectivity index (χ4v) is 3.60. The van der Waals surface area contributed by atoms with Crippen molar-refractivity contribution in [1.82, 2.24) is 5.32 Å². The second-order valence-electron chi connectivity index (χ2n) is 7.20. The van der Waals surface area contributed by atoms with Gasteiger partial charge >= 0.3 is 5.97 Å². The Bertz CT molecular complexity index is 489. The average molecular weight is 317 g/mol. The third-order valence-electron chi connectivity index (χ3n) is 5.04. The molecular weight excluding hydrogens is 286 g/mol. The number of hydrogen-bond acceptors (Lipinski definition) is 3. The Labute approximate surface area is 140 Å². The molecule has 0 aromatic heterocycles. The Morgan fingerprint density at radius 2 is 1.74 bits per heavy atom. The monoisotopic (exact) mass is 317 g/mol. The molecule has 1 fully saturated rings. The fraction of sp³-hybridized carbons (Fsp3) is 0.650. The van der Waals surface area contributed by atoms with E-state index in [4.69, 9.17) is 4.74 Å². The zero-order valence-electron chi connectivity index (χ0n) is 15.0. The van der Waals surface area contributed by atoms with Crippen molar-refractivity contribution in [2.75, 3.05) is 7.11 Å². The summed E-state index contributed by atoms with van der Waals surface area (Å²) in [5, 5.41) is 3.64. The van der Waals surface area contributed by atoms with E-state index in [9.17, 15) is 4.79 Å². The molecule has 3 heteroatoms. The quantitative estimate of drug-likeness (QED) is 0.790. The zero-order valence-corrected chi connectivity index (χ0v) is 15.0. The number of methoxy groups -OCH3 is 1. The van der Waals surface area contributed by atoms with E-state index in [-0.39, 0.29) is 24.0 Å². The lowest BCUT2D eigenvalue weighted by Crippen LogP contribution is -2.46. The molecule has 1 saturated carbocycles. The molecule has 1 N–H and O–H groups in total. The van der Waals surface area contributed by atoms with Crippen LogP contribution in [-0.2, 0) is 9.53 Å². The number of hydrogen-bond donors (Lipinski definition) is 1. The minimum atomic E-state index is -0.256. The van der Waals surface area contributed by atoms with Gasteiger partial charge in [0.1, 0.15) is 6.04 Å². The van der Waals surface area contributed by atoms with Crippen LogP contribution < -0.4 is 5.32 Å². The summed E-state index contributed by atoms with van der Waals surface area (Å²) in [5.41, 5.74) is 2.56. The van der Waals surface area contributed by atoms with E-state index in [1.165, 1.54) is 50.3 Å². The van der Waals surface area contributed by atoms with Gasteiger partial charge in [-0.25, -0.2) is 0 Å². The highest BCUT2D eigenvalue weighted by Gasteiger charge is 2.31. The lowest BCUT2D eigenvalue weighted by atomic mass is 9.80. The maximum Gasteiger partial charge on any atom is 0.323 e. The molecule has 2 rings (SSSR count). The molecule has 128 valence electrons. The van der Waals surface area contributed by atoms with Gasteiger partial charge in [-0.2, -0.15) is 0 Å². The van der Waals surface area contributed by atoms with E-state index in [1.807, 2.05) is 0 Å². The molecule has 23 heavy (non-hydrogen) atoms. The number of esters is 1. The molecular formula is C20H31NO2. The largest absolute Gasteiger partial charge is 0.468 e. The lowest BCUT2D eigenvalue weighted by molar-refractivity contribution is -0.144. The first-order chi connectivity index (χ1) is 11.0. The van der Waals surface area contributed by atoms with Crippen LogP contribution in [0.4, 0.5) is 0 Å². The number of rotatable bonds is 6. The first-order valence-electron chi connectivity index (χ1n) is 8.93. The molecule has 1 aliphatic carbocycles. The van der Waals surface area contributed by atoms with Crippen molar-refractivity contribution >= 4 is 5.97 Å². The Balaban J connectivity index is 2.24. The number of nitrogens with one attached hydrogen (secondary N) is 1. The SMILES string of the molecule is COC(=O)[C@@H](N[C@@H](c1ccc(C)cc1)C1CCCCC1)C(C)C.